The number of benzene rings is 5. The van der Waals surface area contributed by atoms with Crippen LogP contribution in [0.3, 0.4) is 0 Å². The zero-order chi connectivity index (χ0) is 29.3. The van der Waals surface area contributed by atoms with Gasteiger partial charge >= 0.3 is 21.1 Å². The molecule has 0 aliphatic carbocycles. The maximum absolute atomic E-state index is 5.46. The molecule has 216 valence electrons. The van der Waals surface area contributed by atoms with Crippen LogP contribution in [-0.2, 0) is 26.5 Å². The third-order valence-electron chi connectivity index (χ3n) is 8.62. The molecule has 0 radical (unpaired) electrons. The van der Waals surface area contributed by atoms with Gasteiger partial charge in [-0.15, -0.1) is 35.9 Å². The standard InChI is InChI=1S/C40H31N3.Pt/c1-26-21-22-28(40(2,3)4)24-33(26)27-13-12-16-30(23-27)43-37-20-11-9-18-32(37)35-25-34-31-17-8-10-19-36(31)42(38(34)41-39(35)43)29-14-6-5-7-15-29;/h5-14,16-22,24-25H,1-4H3;/q-2;+2. The van der Waals surface area contributed by atoms with Crippen molar-refractivity contribution in [3.63, 3.8) is 0 Å². The van der Waals surface area contributed by atoms with E-state index in [2.05, 4.69) is 152 Å². The fourth-order valence-corrected chi connectivity index (χ4v) is 6.39. The van der Waals surface area contributed by atoms with Crippen LogP contribution in [0.2, 0.25) is 0 Å². The molecule has 0 atom stereocenters. The molecule has 5 aromatic carbocycles. The Morgan fingerprint density at radius 3 is 1.86 bits per heavy atom. The molecular weight excluding hydrogens is 718 g/mol. The Bertz CT molecular complexity index is 2340. The number of hydrogen-bond donors (Lipinski definition) is 0. The summed E-state index contributed by atoms with van der Waals surface area (Å²) in [7, 11) is 0. The first-order valence-corrected chi connectivity index (χ1v) is 14.8. The fourth-order valence-electron chi connectivity index (χ4n) is 6.39. The summed E-state index contributed by atoms with van der Waals surface area (Å²) in [5.74, 6) is 0. The van der Waals surface area contributed by atoms with Crippen molar-refractivity contribution in [2.45, 2.75) is 33.1 Å². The van der Waals surface area contributed by atoms with E-state index in [4.69, 9.17) is 4.98 Å². The minimum atomic E-state index is 0. The zero-order valence-corrected chi connectivity index (χ0v) is 27.4. The number of aromatic nitrogens is 3. The maximum atomic E-state index is 5.46. The van der Waals surface area contributed by atoms with Gasteiger partial charge in [-0.2, -0.15) is 24.3 Å². The van der Waals surface area contributed by atoms with E-state index in [-0.39, 0.29) is 26.5 Å². The summed E-state index contributed by atoms with van der Waals surface area (Å²) in [6.07, 6.45) is 0. The number of rotatable bonds is 3. The van der Waals surface area contributed by atoms with Crippen LogP contribution in [0.5, 0.6) is 0 Å². The molecule has 0 aliphatic heterocycles. The molecule has 3 heterocycles. The van der Waals surface area contributed by atoms with Crippen LogP contribution < -0.4 is 0 Å². The van der Waals surface area contributed by atoms with E-state index >= 15 is 0 Å². The Kier molecular flexibility index (Phi) is 6.83. The summed E-state index contributed by atoms with van der Waals surface area (Å²) < 4.78 is 4.50. The van der Waals surface area contributed by atoms with Gasteiger partial charge in [0.2, 0.25) is 0 Å². The molecule has 3 nitrogen and oxygen atoms in total. The van der Waals surface area contributed by atoms with Crippen molar-refractivity contribution in [2.24, 2.45) is 0 Å². The van der Waals surface area contributed by atoms with Crippen LogP contribution in [0.4, 0.5) is 0 Å². The number of nitrogens with zero attached hydrogens (tertiary/aromatic N) is 3. The van der Waals surface area contributed by atoms with Crippen LogP contribution >= 0.6 is 0 Å². The molecule has 4 heteroatoms. The van der Waals surface area contributed by atoms with Crippen LogP contribution in [0.15, 0.2) is 115 Å². The van der Waals surface area contributed by atoms with Gasteiger partial charge in [0.05, 0.1) is 11.0 Å². The first-order valence-electron chi connectivity index (χ1n) is 14.8. The number of fused-ring (bicyclic) bond motifs is 6. The second-order valence-electron chi connectivity index (χ2n) is 12.4. The number of pyridine rings is 1. The molecular formula is C40H31N3Pt. The summed E-state index contributed by atoms with van der Waals surface area (Å²) in [6, 6.07) is 48.1. The topological polar surface area (TPSA) is 22.8 Å². The average molecular weight is 749 g/mol. The summed E-state index contributed by atoms with van der Waals surface area (Å²) >= 11 is 0. The van der Waals surface area contributed by atoms with Gasteiger partial charge in [-0.25, -0.2) is 4.98 Å². The molecule has 0 amide bonds. The summed E-state index contributed by atoms with van der Waals surface area (Å²) in [4.78, 5) is 5.46. The van der Waals surface area contributed by atoms with Crippen molar-refractivity contribution in [1.29, 1.82) is 0 Å². The van der Waals surface area contributed by atoms with Crippen LogP contribution in [-0.4, -0.2) is 14.1 Å². The molecule has 3 aromatic heterocycles. The Morgan fingerprint density at radius 2 is 1.23 bits per heavy atom. The third-order valence-corrected chi connectivity index (χ3v) is 8.62. The quantitative estimate of drug-likeness (QED) is 0.165. The molecule has 0 bridgehead atoms. The molecule has 8 aromatic rings. The minimum absolute atomic E-state index is 0. The van der Waals surface area contributed by atoms with E-state index in [1.807, 2.05) is 12.1 Å². The van der Waals surface area contributed by atoms with Crippen LogP contribution in [0, 0.1) is 19.1 Å². The van der Waals surface area contributed by atoms with Crippen molar-refractivity contribution in [3.8, 4) is 22.5 Å². The summed E-state index contributed by atoms with van der Waals surface area (Å²) in [5.41, 5.74) is 11.0. The summed E-state index contributed by atoms with van der Waals surface area (Å²) in [5, 5.41) is 4.63. The van der Waals surface area contributed by atoms with Gasteiger partial charge in [-0.1, -0.05) is 97.7 Å². The van der Waals surface area contributed by atoms with E-state index in [0.29, 0.717) is 0 Å². The molecule has 0 saturated heterocycles. The van der Waals surface area contributed by atoms with Crippen molar-refractivity contribution < 1.29 is 21.1 Å². The van der Waals surface area contributed by atoms with Gasteiger partial charge in [-0.3, -0.25) is 0 Å². The number of para-hydroxylation sites is 3. The molecule has 0 fully saturated rings. The third kappa shape index (κ3) is 4.42. The number of hydrogen-bond acceptors (Lipinski definition) is 1. The van der Waals surface area contributed by atoms with Crippen molar-refractivity contribution in [2.75, 3.05) is 0 Å². The first-order chi connectivity index (χ1) is 20.9. The van der Waals surface area contributed by atoms with E-state index in [0.717, 1.165) is 50.0 Å². The second-order valence-corrected chi connectivity index (χ2v) is 12.4. The average Bonchev–Trinajstić information content (AvgIpc) is 3.52. The van der Waals surface area contributed by atoms with E-state index in [9.17, 15) is 0 Å². The molecule has 44 heavy (non-hydrogen) atoms. The van der Waals surface area contributed by atoms with Gasteiger partial charge in [0.25, 0.3) is 0 Å². The van der Waals surface area contributed by atoms with Gasteiger partial charge in [0.15, 0.2) is 0 Å². The second kappa shape index (κ2) is 10.6. The first kappa shape index (κ1) is 28.3. The Balaban J connectivity index is 0.00000312. The maximum Gasteiger partial charge on any atom is 2.00 e. The van der Waals surface area contributed by atoms with Gasteiger partial charge in [-0.05, 0) is 36.2 Å². The van der Waals surface area contributed by atoms with Crippen molar-refractivity contribution in [1.82, 2.24) is 14.1 Å². The van der Waals surface area contributed by atoms with Crippen molar-refractivity contribution >= 4 is 43.9 Å². The normalized spacial score (nSPS) is 11.9. The molecule has 8 rings (SSSR count). The molecule has 0 spiro atoms. The van der Waals surface area contributed by atoms with E-state index < -0.39 is 0 Å². The largest absolute Gasteiger partial charge is 2.00 e. The van der Waals surface area contributed by atoms with Gasteiger partial charge < -0.3 is 9.13 Å². The van der Waals surface area contributed by atoms with Gasteiger partial charge in [0, 0.05) is 21.5 Å². The fraction of sp³-hybridized carbons (Fsp3) is 0.125. The summed E-state index contributed by atoms with van der Waals surface area (Å²) in [6.45, 7) is 8.97. The van der Waals surface area contributed by atoms with Crippen LogP contribution in [0.1, 0.15) is 31.9 Å². The van der Waals surface area contributed by atoms with Crippen LogP contribution in [0.25, 0.3) is 66.4 Å². The van der Waals surface area contributed by atoms with Crippen molar-refractivity contribution in [3.05, 3.63) is 139 Å². The Morgan fingerprint density at radius 1 is 0.614 bits per heavy atom. The minimum Gasteiger partial charge on any atom is -0.318 e. The SMILES string of the molecule is Cc1ccc(C(C)(C)C)cc1-c1[c-]c(-n2c3ccccc3c3cc4c5ccccc5n(-c5[c-]cccc5)c4nc32)ccc1.[Pt+2]. The predicted molar refractivity (Wildman–Crippen MR) is 179 cm³/mol. The molecule has 0 unspecified atom stereocenters. The van der Waals surface area contributed by atoms with E-state index in [1.54, 1.807) is 0 Å². The smallest absolute Gasteiger partial charge is 0.318 e. The van der Waals surface area contributed by atoms with E-state index in [1.165, 1.54) is 27.5 Å². The molecule has 0 aliphatic rings. The monoisotopic (exact) mass is 748 g/mol. The molecule has 0 saturated carbocycles. The van der Waals surface area contributed by atoms with Gasteiger partial charge in [0.1, 0.15) is 11.3 Å². The predicted octanol–water partition coefficient (Wildman–Crippen LogP) is 10.1. The zero-order valence-electron chi connectivity index (χ0n) is 25.1. The Labute approximate surface area is 272 Å². The Hall–Kier alpha value is -4.46. The molecule has 0 N–H and O–H groups in total. The number of aryl methyl sites for hydroxylation is 1.